The van der Waals surface area contributed by atoms with E-state index in [0.717, 1.165) is 0 Å². The lowest BCUT2D eigenvalue weighted by Gasteiger charge is -1.98. The Balaban J connectivity index is 2.29. The summed E-state index contributed by atoms with van der Waals surface area (Å²) in [6.07, 6.45) is 0. The van der Waals surface area contributed by atoms with Crippen LogP contribution in [0.2, 0.25) is 5.02 Å². The van der Waals surface area contributed by atoms with Gasteiger partial charge in [0.05, 0.1) is 10.7 Å². The largest absolute Gasteiger partial charge is 0.397 e. The van der Waals surface area contributed by atoms with E-state index in [1.54, 1.807) is 24.3 Å². The van der Waals surface area contributed by atoms with Crippen LogP contribution >= 0.6 is 11.6 Å². The molecule has 0 aromatic heterocycles. The first-order chi connectivity index (χ1) is 7.77. The lowest BCUT2D eigenvalue weighted by atomic mass is 10.3. The van der Waals surface area contributed by atoms with Crippen molar-refractivity contribution in [1.29, 1.82) is 0 Å². The number of nitrogen functional groups attached to an aromatic ring is 1. The van der Waals surface area contributed by atoms with Crippen molar-refractivity contribution in [2.24, 2.45) is 10.2 Å². The summed E-state index contributed by atoms with van der Waals surface area (Å²) in [6, 6.07) is 14.6. The molecule has 2 aromatic rings. The number of nitrogens with zero attached hydrogens (tertiary/aromatic N) is 2. The number of azo groups is 1. The van der Waals surface area contributed by atoms with Crippen molar-refractivity contribution in [2.75, 3.05) is 5.73 Å². The van der Waals surface area contributed by atoms with Gasteiger partial charge in [-0.2, -0.15) is 0 Å². The Labute approximate surface area is 98.6 Å². The maximum atomic E-state index is 5.95. The zero-order valence-corrected chi connectivity index (χ0v) is 9.22. The van der Waals surface area contributed by atoms with E-state index in [0.29, 0.717) is 22.1 Å². The minimum Gasteiger partial charge on any atom is -0.397 e. The van der Waals surface area contributed by atoms with Crippen LogP contribution in [-0.4, -0.2) is 0 Å². The Hall–Kier alpha value is -1.87. The smallest absolute Gasteiger partial charge is 0.109 e. The fourth-order valence-corrected chi connectivity index (χ4v) is 1.39. The quantitative estimate of drug-likeness (QED) is 0.607. The second kappa shape index (κ2) is 4.77. The molecule has 0 atom stereocenters. The molecule has 2 N–H and O–H groups in total. The number of halogens is 1. The average Bonchev–Trinajstić information content (AvgIpc) is 2.30. The summed E-state index contributed by atoms with van der Waals surface area (Å²) in [5, 5.41) is 8.67. The van der Waals surface area contributed by atoms with Gasteiger partial charge < -0.3 is 5.73 Å². The fourth-order valence-electron chi connectivity index (χ4n) is 1.22. The average molecular weight is 232 g/mol. The van der Waals surface area contributed by atoms with Crippen molar-refractivity contribution in [3.63, 3.8) is 0 Å². The van der Waals surface area contributed by atoms with E-state index in [9.17, 15) is 0 Å². The molecule has 2 rings (SSSR count). The molecule has 0 unspecified atom stereocenters. The number of benzene rings is 2. The van der Waals surface area contributed by atoms with Crippen molar-refractivity contribution in [3.8, 4) is 0 Å². The molecule has 0 saturated heterocycles. The second-order valence-electron chi connectivity index (χ2n) is 3.21. The van der Waals surface area contributed by atoms with Gasteiger partial charge in [0.15, 0.2) is 0 Å². The summed E-state index contributed by atoms with van der Waals surface area (Å²) in [4.78, 5) is 0. The van der Waals surface area contributed by atoms with Crippen molar-refractivity contribution < 1.29 is 0 Å². The third kappa shape index (κ3) is 2.38. The standard InChI is InChI=1S/C12H10ClN3/c13-9-5-1-3-7-11(9)15-16-12-8-4-2-6-10(12)14/h1-8H,14H2. The number of anilines is 1. The minimum absolute atomic E-state index is 0.570. The Morgan fingerprint density at radius 3 is 2.06 bits per heavy atom. The number of hydrogen-bond donors (Lipinski definition) is 1. The highest BCUT2D eigenvalue weighted by molar-refractivity contribution is 6.32. The van der Waals surface area contributed by atoms with Crippen LogP contribution in [0.1, 0.15) is 0 Å². The molecule has 4 heteroatoms. The summed E-state index contributed by atoms with van der Waals surface area (Å²) >= 11 is 5.95. The van der Waals surface area contributed by atoms with Gasteiger partial charge in [-0.1, -0.05) is 35.9 Å². The molecule has 16 heavy (non-hydrogen) atoms. The molecule has 2 aromatic carbocycles. The predicted molar refractivity (Wildman–Crippen MR) is 66.5 cm³/mol. The van der Waals surface area contributed by atoms with E-state index in [1.807, 2.05) is 24.3 Å². The molecule has 0 amide bonds. The van der Waals surface area contributed by atoms with Crippen LogP contribution in [0.15, 0.2) is 58.8 Å². The maximum absolute atomic E-state index is 5.95. The minimum atomic E-state index is 0.570. The van der Waals surface area contributed by atoms with Gasteiger partial charge in [0.2, 0.25) is 0 Å². The van der Waals surface area contributed by atoms with E-state index >= 15 is 0 Å². The molecule has 0 aliphatic heterocycles. The molecule has 0 heterocycles. The van der Waals surface area contributed by atoms with Crippen molar-refractivity contribution in [1.82, 2.24) is 0 Å². The molecule has 0 fully saturated rings. The van der Waals surface area contributed by atoms with Crippen molar-refractivity contribution in [2.45, 2.75) is 0 Å². The molecule has 80 valence electrons. The molecular weight excluding hydrogens is 222 g/mol. The lowest BCUT2D eigenvalue weighted by Crippen LogP contribution is -1.82. The van der Waals surface area contributed by atoms with Gasteiger partial charge in [0, 0.05) is 0 Å². The molecule has 3 nitrogen and oxygen atoms in total. The Morgan fingerprint density at radius 1 is 0.812 bits per heavy atom. The summed E-state index contributed by atoms with van der Waals surface area (Å²) in [5.74, 6) is 0. The first-order valence-corrected chi connectivity index (χ1v) is 5.16. The van der Waals surface area contributed by atoms with Gasteiger partial charge in [-0.05, 0) is 24.3 Å². The SMILES string of the molecule is Nc1ccccc1N=Nc1ccccc1Cl. The Bertz CT molecular complexity index is 476. The third-order valence-corrected chi connectivity index (χ3v) is 2.37. The highest BCUT2D eigenvalue weighted by atomic mass is 35.5. The van der Waals surface area contributed by atoms with Crippen LogP contribution in [0.3, 0.4) is 0 Å². The molecule has 0 saturated carbocycles. The van der Waals surface area contributed by atoms with Crippen molar-refractivity contribution in [3.05, 3.63) is 53.6 Å². The lowest BCUT2D eigenvalue weighted by molar-refractivity contribution is 1.23. The monoisotopic (exact) mass is 231 g/mol. The van der Waals surface area contributed by atoms with Crippen LogP contribution in [0, 0.1) is 0 Å². The van der Waals surface area contributed by atoms with Gasteiger partial charge >= 0.3 is 0 Å². The van der Waals surface area contributed by atoms with Crippen molar-refractivity contribution >= 4 is 28.7 Å². The van der Waals surface area contributed by atoms with Crippen LogP contribution in [0.4, 0.5) is 17.1 Å². The molecule has 0 aliphatic carbocycles. The van der Waals surface area contributed by atoms with Crippen LogP contribution in [0.25, 0.3) is 0 Å². The molecular formula is C12H10ClN3. The second-order valence-corrected chi connectivity index (χ2v) is 3.62. The number of nitrogens with two attached hydrogens (primary N) is 1. The van der Waals surface area contributed by atoms with E-state index in [1.165, 1.54) is 0 Å². The summed E-state index contributed by atoms with van der Waals surface area (Å²) in [5.41, 5.74) is 7.60. The zero-order chi connectivity index (χ0) is 11.4. The zero-order valence-electron chi connectivity index (χ0n) is 8.47. The number of rotatable bonds is 2. The number of para-hydroxylation sites is 1. The van der Waals surface area contributed by atoms with Gasteiger partial charge in [0.25, 0.3) is 0 Å². The fraction of sp³-hybridized carbons (Fsp3) is 0. The molecule has 0 aliphatic rings. The molecule has 0 radical (unpaired) electrons. The van der Waals surface area contributed by atoms with Gasteiger partial charge in [-0.3, -0.25) is 0 Å². The summed E-state index contributed by atoms with van der Waals surface area (Å²) in [6.45, 7) is 0. The van der Waals surface area contributed by atoms with E-state index < -0.39 is 0 Å². The first kappa shape index (κ1) is 10.6. The highest BCUT2D eigenvalue weighted by Gasteiger charge is 1.97. The van der Waals surface area contributed by atoms with E-state index in [2.05, 4.69) is 10.2 Å². The van der Waals surface area contributed by atoms with Gasteiger partial charge in [-0.25, -0.2) is 0 Å². The van der Waals surface area contributed by atoms with Gasteiger partial charge in [-0.15, -0.1) is 10.2 Å². The molecule has 0 bridgehead atoms. The summed E-state index contributed by atoms with van der Waals surface area (Å²) in [7, 11) is 0. The Morgan fingerprint density at radius 2 is 1.38 bits per heavy atom. The highest BCUT2D eigenvalue weighted by Crippen LogP contribution is 2.27. The predicted octanol–water partition coefficient (Wildman–Crippen LogP) is 4.34. The first-order valence-electron chi connectivity index (χ1n) is 4.78. The Kier molecular flexibility index (Phi) is 3.17. The van der Waals surface area contributed by atoms with Crippen LogP contribution in [-0.2, 0) is 0 Å². The number of hydrogen-bond acceptors (Lipinski definition) is 3. The van der Waals surface area contributed by atoms with Crippen LogP contribution in [0.5, 0.6) is 0 Å². The molecule has 0 spiro atoms. The topological polar surface area (TPSA) is 50.7 Å². The maximum Gasteiger partial charge on any atom is 0.109 e. The van der Waals surface area contributed by atoms with E-state index in [4.69, 9.17) is 17.3 Å². The van der Waals surface area contributed by atoms with Crippen LogP contribution < -0.4 is 5.73 Å². The normalized spacial score (nSPS) is 10.8. The third-order valence-electron chi connectivity index (χ3n) is 2.05. The van der Waals surface area contributed by atoms with E-state index in [-0.39, 0.29) is 0 Å². The van der Waals surface area contributed by atoms with Gasteiger partial charge in [0.1, 0.15) is 11.4 Å². The summed E-state index contributed by atoms with van der Waals surface area (Å²) < 4.78 is 0.